The fraction of sp³-hybridized carbons (Fsp3) is 0.222. The zero-order valence-corrected chi connectivity index (χ0v) is 26.8. The number of rotatable bonds is 3. The summed E-state index contributed by atoms with van der Waals surface area (Å²) in [5.74, 6) is -21.9. The Morgan fingerprint density at radius 3 is 2.00 bits per heavy atom. The van der Waals surface area contributed by atoms with Crippen molar-refractivity contribution in [1.82, 2.24) is 0 Å². The molecule has 4 amide bonds. The van der Waals surface area contributed by atoms with Gasteiger partial charge in [-0.15, -0.1) is 23.2 Å². The molecule has 8 rings (SSSR count). The van der Waals surface area contributed by atoms with Crippen molar-refractivity contribution in [3.63, 3.8) is 0 Å². The van der Waals surface area contributed by atoms with Crippen LogP contribution in [-0.2, 0) is 19.2 Å². The molecule has 6 atom stereocenters. The zero-order chi connectivity index (χ0) is 35.6. The van der Waals surface area contributed by atoms with E-state index in [4.69, 9.17) is 23.2 Å². The lowest BCUT2D eigenvalue weighted by Crippen LogP contribution is -2.60. The summed E-state index contributed by atoms with van der Waals surface area (Å²) in [6.45, 7) is 0. The van der Waals surface area contributed by atoms with E-state index in [1.165, 1.54) is 6.07 Å². The van der Waals surface area contributed by atoms with Crippen molar-refractivity contribution in [1.29, 1.82) is 0 Å². The van der Waals surface area contributed by atoms with E-state index in [1.54, 1.807) is 66.7 Å². The molecular weight excluding hydrogens is 706 g/mol. The van der Waals surface area contributed by atoms with E-state index in [0.717, 1.165) is 4.90 Å². The average molecular weight is 727 g/mol. The maximum absolute atomic E-state index is 15.3. The molecule has 2 heterocycles. The molecule has 1 N–H and O–H groups in total. The molecule has 254 valence electrons. The number of phenols is 1. The van der Waals surface area contributed by atoms with Crippen molar-refractivity contribution in [2.24, 2.45) is 17.8 Å². The van der Waals surface area contributed by atoms with E-state index in [9.17, 15) is 37.5 Å². The molecule has 1 saturated carbocycles. The summed E-state index contributed by atoms with van der Waals surface area (Å²) in [7, 11) is 0. The number of nitrogens with zero attached hydrogens (tertiary/aromatic N) is 2. The van der Waals surface area contributed by atoms with Gasteiger partial charge in [-0.25, -0.2) is 26.9 Å². The van der Waals surface area contributed by atoms with E-state index in [2.05, 4.69) is 0 Å². The number of phenolic OH excluding ortho intramolecular Hbond substituents is 1. The summed E-state index contributed by atoms with van der Waals surface area (Å²) in [5.41, 5.74) is -1.41. The first-order chi connectivity index (χ1) is 23.8. The minimum Gasteiger partial charge on any atom is -0.507 e. The lowest BCUT2D eigenvalue weighted by atomic mass is 9.56. The van der Waals surface area contributed by atoms with Crippen LogP contribution in [0.15, 0.2) is 78.4 Å². The minimum atomic E-state index is -2.74. The van der Waals surface area contributed by atoms with Gasteiger partial charge < -0.3 is 5.11 Å². The number of imide groups is 2. The van der Waals surface area contributed by atoms with Crippen molar-refractivity contribution in [2.45, 2.75) is 28.5 Å². The Balaban J connectivity index is 1.36. The molecule has 0 bridgehead atoms. The zero-order valence-electron chi connectivity index (χ0n) is 25.3. The smallest absolute Gasteiger partial charge is 0.258 e. The Hall–Kier alpha value is -4.81. The van der Waals surface area contributed by atoms with Gasteiger partial charge in [0.05, 0.1) is 17.5 Å². The van der Waals surface area contributed by atoms with Crippen molar-refractivity contribution in [3.05, 3.63) is 113 Å². The van der Waals surface area contributed by atoms with Crippen molar-refractivity contribution in [3.8, 4) is 5.75 Å². The maximum atomic E-state index is 15.3. The number of hydrogen-bond acceptors (Lipinski definition) is 5. The highest BCUT2D eigenvalue weighted by atomic mass is 35.5. The van der Waals surface area contributed by atoms with Crippen LogP contribution in [0, 0.1) is 46.8 Å². The second-order valence-corrected chi connectivity index (χ2v) is 14.0. The summed E-state index contributed by atoms with van der Waals surface area (Å²) < 4.78 is 73.5. The first-order valence-electron chi connectivity index (χ1n) is 15.4. The van der Waals surface area contributed by atoms with Gasteiger partial charge >= 0.3 is 0 Å². The molecule has 2 saturated heterocycles. The SMILES string of the molecule is O=C1[C@H]2[C@H](CC=C3[C@H]2C[C@@]2(Cl)C(=O)N(c4c(F)c(F)c(F)c(F)c4F)C(=O)[C@@]2(Cl)[C@H]3c2ccc3ccccc3c2O)C(=O)N1c1ccccc1. The normalized spacial score (nSPS) is 29.0. The molecule has 7 nitrogen and oxygen atoms in total. The topological polar surface area (TPSA) is 95.0 Å². The molecule has 3 fully saturated rings. The summed E-state index contributed by atoms with van der Waals surface area (Å²) in [6, 6.07) is 17.7. The Morgan fingerprint density at radius 1 is 0.700 bits per heavy atom. The van der Waals surface area contributed by atoms with Crippen LogP contribution >= 0.6 is 23.2 Å². The third-order valence-electron chi connectivity index (χ3n) is 10.5. The van der Waals surface area contributed by atoms with E-state index in [0.29, 0.717) is 5.39 Å². The van der Waals surface area contributed by atoms with Crippen LogP contribution in [0.3, 0.4) is 0 Å². The van der Waals surface area contributed by atoms with Crippen LogP contribution in [0.5, 0.6) is 5.75 Å². The predicted molar refractivity (Wildman–Crippen MR) is 171 cm³/mol. The van der Waals surface area contributed by atoms with Gasteiger partial charge in [0, 0.05) is 16.9 Å². The number of allylic oxidation sites excluding steroid dienone is 2. The van der Waals surface area contributed by atoms with Gasteiger partial charge in [-0.05, 0) is 36.3 Å². The van der Waals surface area contributed by atoms with Crippen LogP contribution in [0.4, 0.5) is 33.3 Å². The summed E-state index contributed by atoms with van der Waals surface area (Å²) in [6.07, 6.45) is 0.902. The van der Waals surface area contributed by atoms with Gasteiger partial charge in [0.2, 0.25) is 17.6 Å². The molecule has 0 spiro atoms. The molecule has 14 heteroatoms. The number of aromatic hydroxyl groups is 1. The second-order valence-electron chi connectivity index (χ2n) is 12.8. The van der Waals surface area contributed by atoms with Crippen molar-refractivity contribution >= 4 is 69.0 Å². The molecule has 4 aromatic carbocycles. The number of hydrogen-bond donors (Lipinski definition) is 1. The molecule has 0 radical (unpaired) electrons. The number of benzene rings is 4. The number of alkyl halides is 2. The molecule has 0 aromatic heterocycles. The fourth-order valence-corrected chi connectivity index (χ4v) is 9.18. The standard InChI is InChI=1S/C36H21Cl2F5N2O5/c37-35-14-21-18(12-13-19-22(21)32(48)44(31(19)47)16-7-2-1-3-8-16)23(20-11-10-15-6-4-5-9-17(15)30(20)46)36(35,38)34(50)45(33(35)49)29-27(42)25(40)24(39)26(41)28(29)43/h1-12,19,21-23,46H,13-14H2/t19-,21+,22-,23+,35+,36-/m0/s1. The quantitative estimate of drug-likeness (QED) is 0.0613. The first kappa shape index (κ1) is 32.4. The number of anilines is 2. The first-order valence-corrected chi connectivity index (χ1v) is 16.1. The van der Waals surface area contributed by atoms with Crippen LogP contribution < -0.4 is 9.80 Å². The number of carbonyl (C=O) groups is 4. The number of para-hydroxylation sites is 1. The van der Waals surface area contributed by atoms with Gasteiger partial charge in [-0.1, -0.05) is 66.2 Å². The third-order valence-corrected chi connectivity index (χ3v) is 11.9. The highest BCUT2D eigenvalue weighted by Crippen LogP contribution is 2.67. The highest BCUT2D eigenvalue weighted by molar-refractivity contribution is 6.58. The molecule has 2 aliphatic carbocycles. The maximum Gasteiger partial charge on any atom is 0.258 e. The largest absolute Gasteiger partial charge is 0.507 e. The van der Waals surface area contributed by atoms with E-state index < -0.39 is 104 Å². The Bertz CT molecular complexity index is 2240. The van der Waals surface area contributed by atoms with Gasteiger partial charge in [0.15, 0.2) is 33.0 Å². The molecule has 0 unspecified atom stereocenters. The van der Waals surface area contributed by atoms with E-state index >= 15 is 8.78 Å². The molecular formula is C36H21Cl2F5N2O5. The van der Waals surface area contributed by atoms with Crippen LogP contribution in [-0.4, -0.2) is 38.5 Å². The van der Waals surface area contributed by atoms with E-state index in [-0.39, 0.29) is 33.5 Å². The lowest BCUT2D eigenvalue weighted by Gasteiger charge is -2.50. The molecule has 4 aromatic rings. The number of halogens is 7. The predicted octanol–water partition coefficient (Wildman–Crippen LogP) is 7.01. The van der Waals surface area contributed by atoms with Gasteiger partial charge in [0.1, 0.15) is 11.4 Å². The van der Waals surface area contributed by atoms with E-state index in [1.807, 2.05) is 0 Å². The van der Waals surface area contributed by atoms with Gasteiger partial charge in [0.25, 0.3) is 11.8 Å². The summed E-state index contributed by atoms with van der Waals surface area (Å²) in [4.78, 5) is 52.1. The summed E-state index contributed by atoms with van der Waals surface area (Å²) in [5, 5.41) is 12.5. The summed E-state index contributed by atoms with van der Waals surface area (Å²) >= 11 is 14.3. The second kappa shape index (κ2) is 10.8. The van der Waals surface area contributed by atoms with Gasteiger partial charge in [-0.3, -0.25) is 24.1 Å². The Morgan fingerprint density at radius 2 is 1.32 bits per heavy atom. The monoisotopic (exact) mass is 726 g/mol. The van der Waals surface area contributed by atoms with Crippen molar-refractivity contribution in [2.75, 3.05) is 9.80 Å². The number of fused-ring (bicyclic) bond motifs is 5. The molecule has 2 aliphatic heterocycles. The third kappa shape index (κ3) is 3.91. The molecule has 4 aliphatic rings. The molecule has 50 heavy (non-hydrogen) atoms. The lowest BCUT2D eigenvalue weighted by molar-refractivity contribution is -0.125. The minimum absolute atomic E-state index is 0.0268. The Kier molecular flexibility index (Phi) is 7.03. The Labute approximate surface area is 289 Å². The van der Waals surface area contributed by atoms with Crippen LogP contribution in [0.2, 0.25) is 0 Å². The van der Waals surface area contributed by atoms with Gasteiger partial charge in [-0.2, -0.15) is 0 Å². The van der Waals surface area contributed by atoms with Crippen LogP contribution in [0.1, 0.15) is 24.3 Å². The highest BCUT2D eigenvalue weighted by Gasteiger charge is 2.77. The van der Waals surface area contributed by atoms with Crippen molar-refractivity contribution < 1.29 is 46.2 Å². The number of carbonyl (C=O) groups excluding carboxylic acids is 4. The van der Waals surface area contributed by atoms with Crippen LogP contribution in [0.25, 0.3) is 10.8 Å². The average Bonchev–Trinajstić information content (AvgIpc) is 3.45. The fourth-order valence-electron chi connectivity index (χ4n) is 8.25. The number of amides is 4.